The molecule has 4 nitrogen and oxygen atoms in total. The summed E-state index contributed by atoms with van der Waals surface area (Å²) in [4.78, 5) is 13.0. The van der Waals surface area contributed by atoms with Gasteiger partial charge in [0.15, 0.2) is 6.10 Å². The zero-order valence-electron chi connectivity index (χ0n) is 17.4. The SMILES string of the molecule is Cc1ccc2c(c1)OC(C)(C)C[C@H]2NC(=O)[C@H](C)Oc1cccc2ccccc12. The number of hydrogen-bond acceptors (Lipinski definition) is 3. The van der Waals surface area contributed by atoms with Gasteiger partial charge in [0.2, 0.25) is 0 Å². The van der Waals surface area contributed by atoms with Crippen LogP contribution in [0.3, 0.4) is 0 Å². The smallest absolute Gasteiger partial charge is 0.261 e. The third kappa shape index (κ3) is 4.07. The zero-order valence-corrected chi connectivity index (χ0v) is 17.4. The van der Waals surface area contributed by atoms with Crippen molar-refractivity contribution in [1.82, 2.24) is 5.32 Å². The first-order chi connectivity index (χ1) is 13.8. The number of aryl methyl sites for hydroxylation is 1. The van der Waals surface area contributed by atoms with Crippen molar-refractivity contribution in [1.29, 1.82) is 0 Å². The molecule has 29 heavy (non-hydrogen) atoms. The van der Waals surface area contributed by atoms with Crippen LogP contribution in [0.4, 0.5) is 0 Å². The Morgan fingerprint density at radius 1 is 1.14 bits per heavy atom. The first-order valence-corrected chi connectivity index (χ1v) is 10.1. The molecule has 3 aromatic rings. The Balaban J connectivity index is 1.53. The third-order valence-electron chi connectivity index (χ3n) is 5.37. The van der Waals surface area contributed by atoms with Gasteiger partial charge in [0, 0.05) is 17.4 Å². The second-order valence-corrected chi connectivity index (χ2v) is 8.41. The minimum atomic E-state index is -0.610. The Morgan fingerprint density at radius 2 is 1.90 bits per heavy atom. The summed E-state index contributed by atoms with van der Waals surface area (Å²) in [5.74, 6) is 1.43. The van der Waals surface area contributed by atoms with Gasteiger partial charge >= 0.3 is 0 Å². The lowest BCUT2D eigenvalue weighted by molar-refractivity contribution is -0.128. The van der Waals surface area contributed by atoms with E-state index in [4.69, 9.17) is 9.47 Å². The number of carbonyl (C=O) groups is 1. The van der Waals surface area contributed by atoms with Gasteiger partial charge in [-0.25, -0.2) is 0 Å². The average molecular weight is 389 g/mol. The Hall–Kier alpha value is -3.01. The molecule has 0 aliphatic carbocycles. The molecule has 4 rings (SSSR count). The number of amides is 1. The van der Waals surface area contributed by atoms with Crippen LogP contribution in [0.25, 0.3) is 10.8 Å². The maximum absolute atomic E-state index is 13.0. The highest BCUT2D eigenvalue weighted by atomic mass is 16.5. The predicted molar refractivity (Wildman–Crippen MR) is 115 cm³/mol. The molecule has 0 saturated carbocycles. The molecule has 1 aliphatic heterocycles. The van der Waals surface area contributed by atoms with E-state index >= 15 is 0 Å². The van der Waals surface area contributed by atoms with Crippen molar-refractivity contribution in [2.45, 2.75) is 51.9 Å². The van der Waals surface area contributed by atoms with Gasteiger partial charge in [-0.1, -0.05) is 48.5 Å². The molecule has 3 aromatic carbocycles. The molecule has 0 aromatic heterocycles. The van der Waals surface area contributed by atoms with Crippen LogP contribution in [-0.4, -0.2) is 17.6 Å². The summed E-state index contributed by atoms with van der Waals surface area (Å²) in [6.45, 7) is 7.93. The fraction of sp³-hybridized carbons (Fsp3) is 0.320. The number of carbonyl (C=O) groups excluding carboxylic acids is 1. The summed E-state index contributed by atoms with van der Waals surface area (Å²) < 4.78 is 12.2. The highest BCUT2D eigenvalue weighted by Gasteiger charge is 2.35. The maximum Gasteiger partial charge on any atom is 0.261 e. The Kier molecular flexibility index (Phi) is 4.95. The van der Waals surface area contributed by atoms with Gasteiger partial charge in [0.05, 0.1) is 6.04 Å². The number of nitrogens with one attached hydrogen (secondary N) is 1. The van der Waals surface area contributed by atoms with Crippen molar-refractivity contribution >= 4 is 16.7 Å². The molecule has 0 fully saturated rings. The van der Waals surface area contributed by atoms with Gasteiger partial charge in [-0.3, -0.25) is 4.79 Å². The quantitative estimate of drug-likeness (QED) is 0.656. The van der Waals surface area contributed by atoms with Crippen molar-refractivity contribution in [3.05, 3.63) is 71.8 Å². The summed E-state index contributed by atoms with van der Waals surface area (Å²) in [5, 5.41) is 5.27. The molecule has 1 aliphatic rings. The van der Waals surface area contributed by atoms with Crippen LogP contribution in [0.2, 0.25) is 0 Å². The van der Waals surface area contributed by atoms with Crippen molar-refractivity contribution in [2.24, 2.45) is 0 Å². The lowest BCUT2D eigenvalue weighted by Gasteiger charge is -2.38. The van der Waals surface area contributed by atoms with Gasteiger partial charge in [-0.05, 0) is 50.8 Å². The number of benzene rings is 3. The van der Waals surface area contributed by atoms with Crippen LogP contribution in [0, 0.1) is 6.92 Å². The van der Waals surface area contributed by atoms with E-state index < -0.39 is 6.10 Å². The molecule has 150 valence electrons. The largest absolute Gasteiger partial charge is 0.487 e. The van der Waals surface area contributed by atoms with Gasteiger partial charge < -0.3 is 14.8 Å². The number of ether oxygens (including phenoxy) is 2. The van der Waals surface area contributed by atoms with E-state index in [0.29, 0.717) is 12.2 Å². The summed E-state index contributed by atoms with van der Waals surface area (Å²) in [6, 6.07) is 19.9. The van der Waals surface area contributed by atoms with Gasteiger partial charge in [-0.2, -0.15) is 0 Å². The fourth-order valence-corrected chi connectivity index (χ4v) is 3.92. The van der Waals surface area contributed by atoms with Crippen LogP contribution >= 0.6 is 0 Å². The normalized spacial score (nSPS) is 18.4. The van der Waals surface area contributed by atoms with E-state index in [-0.39, 0.29) is 17.6 Å². The van der Waals surface area contributed by atoms with Crippen molar-refractivity contribution in [3.63, 3.8) is 0 Å². The lowest BCUT2D eigenvalue weighted by atomic mass is 9.89. The topological polar surface area (TPSA) is 47.6 Å². The first kappa shape index (κ1) is 19.3. The predicted octanol–water partition coefficient (Wildman–Crippen LogP) is 5.33. The summed E-state index contributed by atoms with van der Waals surface area (Å²) >= 11 is 0. The molecular weight excluding hydrogens is 362 g/mol. The zero-order chi connectivity index (χ0) is 20.6. The van der Waals surface area contributed by atoms with Crippen molar-refractivity contribution in [3.8, 4) is 11.5 Å². The molecule has 0 radical (unpaired) electrons. The molecule has 1 heterocycles. The van der Waals surface area contributed by atoms with Crippen LogP contribution in [0.15, 0.2) is 60.7 Å². The third-order valence-corrected chi connectivity index (χ3v) is 5.37. The lowest BCUT2D eigenvalue weighted by Crippen LogP contribution is -2.44. The molecule has 1 amide bonds. The van der Waals surface area contributed by atoms with E-state index in [1.165, 1.54) is 0 Å². The first-order valence-electron chi connectivity index (χ1n) is 10.1. The molecule has 0 spiro atoms. The molecular formula is C25H27NO3. The second kappa shape index (κ2) is 7.43. The Bertz CT molecular complexity index is 1050. The van der Waals surface area contributed by atoms with E-state index in [1.54, 1.807) is 6.92 Å². The minimum absolute atomic E-state index is 0.111. The van der Waals surface area contributed by atoms with Crippen LogP contribution in [-0.2, 0) is 4.79 Å². The van der Waals surface area contributed by atoms with Gasteiger partial charge in [-0.15, -0.1) is 0 Å². The van der Waals surface area contributed by atoms with Crippen LogP contribution in [0.1, 0.15) is 44.4 Å². The molecule has 0 unspecified atom stereocenters. The average Bonchev–Trinajstić information content (AvgIpc) is 2.67. The van der Waals surface area contributed by atoms with Gasteiger partial charge in [0.1, 0.15) is 17.1 Å². The minimum Gasteiger partial charge on any atom is -0.487 e. The van der Waals surface area contributed by atoms with Crippen molar-refractivity contribution in [2.75, 3.05) is 0 Å². The number of fused-ring (bicyclic) bond motifs is 2. The van der Waals surface area contributed by atoms with E-state index in [1.807, 2.05) is 75.4 Å². The molecule has 2 atom stereocenters. The standard InChI is InChI=1S/C25H27NO3/c1-16-12-13-20-21(15-25(3,4)29-23(20)14-16)26-24(27)17(2)28-22-11-7-9-18-8-5-6-10-19(18)22/h5-14,17,21H,15H2,1-4H3,(H,26,27)/t17-,21+/m0/s1. The van der Waals surface area contributed by atoms with E-state index in [0.717, 1.165) is 27.6 Å². The molecule has 4 heteroatoms. The number of rotatable bonds is 4. The maximum atomic E-state index is 13.0. The van der Waals surface area contributed by atoms with Gasteiger partial charge in [0.25, 0.3) is 5.91 Å². The van der Waals surface area contributed by atoms with E-state index in [9.17, 15) is 4.79 Å². The second-order valence-electron chi connectivity index (χ2n) is 8.41. The Labute approximate surface area is 171 Å². The van der Waals surface area contributed by atoms with Crippen LogP contribution in [0.5, 0.6) is 11.5 Å². The Morgan fingerprint density at radius 3 is 2.72 bits per heavy atom. The molecule has 1 N–H and O–H groups in total. The molecule has 0 bridgehead atoms. The van der Waals surface area contributed by atoms with E-state index in [2.05, 4.69) is 11.4 Å². The highest BCUT2D eigenvalue weighted by Crippen LogP contribution is 2.40. The highest BCUT2D eigenvalue weighted by molar-refractivity contribution is 5.89. The summed E-state index contributed by atoms with van der Waals surface area (Å²) in [6.07, 6.45) is 0.0937. The monoisotopic (exact) mass is 389 g/mol. The molecule has 0 saturated heterocycles. The number of hydrogen-bond donors (Lipinski definition) is 1. The summed E-state index contributed by atoms with van der Waals surface area (Å²) in [7, 11) is 0. The van der Waals surface area contributed by atoms with Crippen molar-refractivity contribution < 1.29 is 14.3 Å². The van der Waals surface area contributed by atoms with Crippen LogP contribution < -0.4 is 14.8 Å². The summed E-state index contributed by atoms with van der Waals surface area (Å²) in [5.41, 5.74) is 1.80. The fourth-order valence-electron chi connectivity index (χ4n) is 3.92.